The molecule has 0 radical (unpaired) electrons. The topological polar surface area (TPSA) is 58.2 Å². The minimum Gasteiger partial charge on any atom is -0.315 e. The Labute approximate surface area is 106 Å². The zero-order chi connectivity index (χ0) is 12.3. The smallest absolute Gasteiger partial charge is 0.240 e. The van der Waals surface area contributed by atoms with Crippen LogP contribution in [0.1, 0.15) is 12.8 Å². The standard InChI is InChI=1S/C11H15ClN2O2S/c12-9-3-1-5-11(7-9)17(15,16)14-10-4-2-6-13-8-10/h1,3,5,7,10,13-14H,2,4,6,8H2. The predicted octanol–water partition coefficient (Wildman–Crippen LogP) is 1.37. The van der Waals surface area contributed by atoms with Gasteiger partial charge in [0.1, 0.15) is 0 Å². The molecule has 2 N–H and O–H groups in total. The molecule has 0 spiro atoms. The third kappa shape index (κ3) is 3.42. The SMILES string of the molecule is O=S(=O)(NC1CCCNC1)c1cccc(Cl)c1. The van der Waals surface area contributed by atoms with Crippen molar-refractivity contribution in [3.05, 3.63) is 29.3 Å². The van der Waals surface area contributed by atoms with Gasteiger partial charge >= 0.3 is 0 Å². The molecule has 1 aromatic rings. The molecule has 1 saturated heterocycles. The average molecular weight is 275 g/mol. The largest absolute Gasteiger partial charge is 0.315 e. The Balaban J connectivity index is 2.13. The molecule has 1 atom stereocenters. The Bertz CT molecular complexity index is 484. The van der Waals surface area contributed by atoms with E-state index in [0.717, 1.165) is 19.4 Å². The summed E-state index contributed by atoms with van der Waals surface area (Å²) in [6.45, 7) is 1.63. The zero-order valence-electron chi connectivity index (χ0n) is 9.32. The van der Waals surface area contributed by atoms with Gasteiger partial charge in [0.05, 0.1) is 4.90 Å². The van der Waals surface area contributed by atoms with Crippen molar-refractivity contribution in [2.24, 2.45) is 0 Å². The quantitative estimate of drug-likeness (QED) is 0.875. The van der Waals surface area contributed by atoms with Gasteiger partial charge in [0.25, 0.3) is 0 Å². The van der Waals surface area contributed by atoms with Gasteiger partial charge in [-0.15, -0.1) is 0 Å². The maximum atomic E-state index is 12.1. The first-order valence-corrected chi connectivity index (χ1v) is 7.43. The van der Waals surface area contributed by atoms with E-state index in [0.29, 0.717) is 11.6 Å². The van der Waals surface area contributed by atoms with Crippen LogP contribution < -0.4 is 10.0 Å². The number of hydrogen-bond donors (Lipinski definition) is 2. The van der Waals surface area contributed by atoms with E-state index in [1.165, 1.54) is 6.07 Å². The summed E-state index contributed by atoms with van der Waals surface area (Å²) in [6, 6.07) is 6.26. The van der Waals surface area contributed by atoms with Gasteiger partial charge in [-0.3, -0.25) is 0 Å². The number of halogens is 1. The highest BCUT2D eigenvalue weighted by molar-refractivity contribution is 7.89. The van der Waals surface area contributed by atoms with E-state index in [1.54, 1.807) is 18.2 Å². The third-order valence-electron chi connectivity index (χ3n) is 2.73. The molecule has 0 amide bonds. The van der Waals surface area contributed by atoms with Crippen LogP contribution in [0.5, 0.6) is 0 Å². The highest BCUT2D eigenvalue weighted by atomic mass is 35.5. The molecule has 0 aliphatic carbocycles. The first-order valence-electron chi connectivity index (χ1n) is 5.56. The summed E-state index contributed by atoms with van der Waals surface area (Å²) in [5.74, 6) is 0. The lowest BCUT2D eigenvalue weighted by molar-refractivity contribution is 0.428. The van der Waals surface area contributed by atoms with Crippen LogP contribution in [0.25, 0.3) is 0 Å². The van der Waals surface area contributed by atoms with Crippen LogP contribution >= 0.6 is 11.6 Å². The molecule has 1 fully saturated rings. The van der Waals surface area contributed by atoms with Crippen LogP contribution in [-0.4, -0.2) is 27.5 Å². The van der Waals surface area contributed by atoms with Crippen molar-refractivity contribution in [2.75, 3.05) is 13.1 Å². The lowest BCUT2D eigenvalue weighted by Crippen LogP contribution is -2.45. The van der Waals surface area contributed by atoms with Gasteiger partial charge < -0.3 is 5.32 Å². The van der Waals surface area contributed by atoms with Crippen LogP contribution in [-0.2, 0) is 10.0 Å². The third-order valence-corrected chi connectivity index (χ3v) is 4.48. The van der Waals surface area contributed by atoms with E-state index >= 15 is 0 Å². The lowest BCUT2D eigenvalue weighted by Gasteiger charge is -2.23. The number of nitrogens with one attached hydrogen (secondary N) is 2. The summed E-state index contributed by atoms with van der Waals surface area (Å²) in [5.41, 5.74) is 0. The van der Waals surface area contributed by atoms with Crippen molar-refractivity contribution < 1.29 is 8.42 Å². The zero-order valence-corrected chi connectivity index (χ0v) is 10.9. The fourth-order valence-corrected chi connectivity index (χ4v) is 3.44. The monoisotopic (exact) mass is 274 g/mol. The molecule has 0 aromatic heterocycles. The molecule has 0 bridgehead atoms. The van der Waals surface area contributed by atoms with E-state index in [1.807, 2.05) is 0 Å². The van der Waals surface area contributed by atoms with E-state index in [9.17, 15) is 8.42 Å². The minimum atomic E-state index is -3.46. The molecule has 17 heavy (non-hydrogen) atoms. The lowest BCUT2D eigenvalue weighted by atomic mass is 10.1. The second kappa shape index (κ2) is 5.35. The number of benzene rings is 1. The summed E-state index contributed by atoms with van der Waals surface area (Å²) in [5, 5.41) is 3.59. The molecule has 1 aliphatic heterocycles. The Morgan fingerprint density at radius 1 is 1.41 bits per heavy atom. The van der Waals surface area contributed by atoms with Gasteiger partial charge in [-0.25, -0.2) is 13.1 Å². The Kier molecular flexibility index (Phi) is 4.04. The van der Waals surface area contributed by atoms with Crippen LogP contribution in [0.15, 0.2) is 29.2 Å². The van der Waals surface area contributed by atoms with E-state index in [-0.39, 0.29) is 10.9 Å². The second-order valence-electron chi connectivity index (χ2n) is 4.12. The summed E-state index contributed by atoms with van der Waals surface area (Å²) in [4.78, 5) is 0.218. The Hall–Kier alpha value is -0.620. The Morgan fingerprint density at radius 3 is 2.88 bits per heavy atom. The van der Waals surface area contributed by atoms with E-state index in [2.05, 4.69) is 10.0 Å². The fourth-order valence-electron chi connectivity index (χ4n) is 1.87. The molecule has 1 heterocycles. The summed E-state index contributed by atoms with van der Waals surface area (Å²) < 4.78 is 26.8. The molecule has 4 nitrogen and oxygen atoms in total. The van der Waals surface area contributed by atoms with Gasteiger partial charge in [-0.1, -0.05) is 17.7 Å². The molecule has 6 heteroatoms. The van der Waals surface area contributed by atoms with Crippen molar-refractivity contribution in [3.63, 3.8) is 0 Å². The van der Waals surface area contributed by atoms with Crippen LogP contribution in [0.3, 0.4) is 0 Å². The van der Waals surface area contributed by atoms with Crippen LogP contribution in [0, 0.1) is 0 Å². The predicted molar refractivity (Wildman–Crippen MR) is 67.7 cm³/mol. The molecule has 1 aliphatic rings. The van der Waals surface area contributed by atoms with Crippen LogP contribution in [0.2, 0.25) is 5.02 Å². The molecule has 94 valence electrons. The van der Waals surface area contributed by atoms with Gasteiger partial charge in [0.15, 0.2) is 0 Å². The van der Waals surface area contributed by atoms with Gasteiger partial charge in [-0.05, 0) is 37.6 Å². The van der Waals surface area contributed by atoms with Gasteiger partial charge in [0, 0.05) is 17.6 Å². The number of sulfonamides is 1. The minimum absolute atomic E-state index is 0.0345. The normalized spacial score (nSPS) is 21.4. The maximum absolute atomic E-state index is 12.1. The summed E-state index contributed by atoms with van der Waals surface area (Å²) in [7, 11) is -3.46. The number of piperidine rings is 1. The number of hydrogen-bond acceptors (Lipinski definition) is 3. The van der Waals surface area contributed by atoms with Crippen molar-refractivity contribution in [1.29, 1.82) is 0 Å². The van der Waals surface area contributed by atoms with Crippen molar-refractivity contribution in [2.45, 2.75) is 23.8 Å². The first-order chi connectivity index (χ1) is 8.08. The van der Waals surface area contributed by atoms with Gasteiger partial charge in [-0.2, -0.15) is 0 Å². The highest BCUT2D eigenvalue weighted by Crippen LogP contribution is 2.16. The molecule has 2 rings (SSSR count). The second-order valence-corrected chi connectivity index (χ2v) is 6.27. The molecular weight excluding hydrogens is 260 g/mol. The average Bonchev–Trinajstić information content (AvgIpc) is 2.30. The molecular formula is C11H15ClN2O2S. The maximum Gasteiger partial charge on any atom is 0.240 e. The fraction of sp³-hybridized carbons (Fsp3) is 0.455. The van der Waals surface area contributed by atoms with E-state index < -0.39 is 10.0 Å². The molecule has 1 unspecified atom stereocenters. The van der Waals surface area contributed by atoms with Crippen molar-refractivity contribution in [1.82, 2.24) is 10.0 Å². The highest BCUT2D eigenvalue weighted by Gasteiger charge is 2.21. The number of rotatable bonds is 3. The summed E-state index contributed by atoms with van der Waals surface area (Å²) in [6.07, 6.45) is 1.86. The molecule has 0 saturated carbocycles. The van der Waals surface area contributed by atoms with Crippen molar-refractivity contribution in [3.8, 4) is 0 Å². The van der Waals surface area contributed by atoms with Gasteiger partial charge in [0.2, 0.25) is 10.0 Å². The summed E-state index contributed by atoms with van der Waals surface area (Å²) >= 11 is 5.79. The van der Waals surface area contributed by atoms with Crippen LogP contribution in [0.4, 0.5) is 0 Å². The first kappa shape index (κ1) is 12.8. The van der Waals surface area contributed by atoms with E-state index in [4.69, 9.17) is 11.6 Å². The molecule has 1 aromatic carbocycles. The Morgan fingerprint density at radius 2 is 2.24 bits per heavy atom. The van der Waals surface area contributed by atoms with Crippen molar-refractivity contribution >= 4 is 21.6 Å².